The first kappa shape index (κ1) is 15.5. The van der Waals surface area contributed by atoms with Crippen molar-refractivity contribution in [3.8, 4) is 22.6 Å². The molecule has 0 saturated carbocycles. The Bertz CT molecular complexity index is 1010. The van der Waals surface area contributed by atoms with E-state index in [0.29, 0.717) is 20.3 Å². The van der Waals surface area contributed by atoms with E-state index in [2.05, 4.69) is 31.9 Å². The number of phenolic OH excluding ortho intramolecular Hbond substituents is 1. The minimum Gasteiger partial charge on any atom is -0.592 e. The van der Waals surface area contributed by atoms with Gasteiger partial charge in [0, 0.05) is 5.56 Å². The van der Waals surface area contributed by atoms with Crippen molar-refractivity contribution in [1.29, 1.82) is 0 Å². The molecule has 0 saturated heterocycles. The Hall–Kier alpha value is -2.04. The molecule has 0 heterocycles. The number of benzene rings is 4. The summed E-state index contributed by atoms with van der Waals surface area (Å²) in [5.74, 6) is 0.526. The fraction of sp³-hybridized carbons (Fsp3) is 0. The van der Waals surface area contributed by atoms with Crippen LogP contribution in [0.5, 0.6) is 11.5 Å². The van der Waals surface area contributed by atoms with Gasteiger partial charge < -0.3 is 10.2 Å². The van der Waals surface area contributed by atoms with Crippen LogP contribution < -0.4 is 0 Å². The molecule has 0 spiro atoms. The van der Waals surface area contributed by atoms with Crippen molar-refractivity contribution < 1.29 is 10.2 Å². The number of halogens is 2. The van der Waals surface area contributed by atoms with Gasteiger partial charge in [-0.2, -0.15) is 0 Å². The molecule has 24 heavy (non-hydrogen) atoms. The fourth-order valence-electron chi connectivity index (χ4n) is 3.13. The molecule has 4 heteroatoms. The highest BCUT2D eigenvalue weighted by molar-refractivity contribution is 9.11. The molecular weight excluding hydrogens is 432 g/mol. The van der Waals surface area contributed by atoms with Crippen LogP contribution in [0.4, 0.5) is 0 Å². The Kier molecular flexibility index (Phi) is 3.74. The van der Waals surface area contributed by atoms with Crippen LogP contribution in [0.15, 0.2) is 69.6 Å². The predicted octanol–water partition coefficient (Wildman–Crippen LogP) is 6.33. The SMILES string of the molecule is Oc1c(Br)cc2ccccc2c1-c1c([OH2+])c(Br)cc2ccccc12. The molecule has 0 radical (unpaired) electrons. The van der Waals surface area contributed by atoms with Gasteiger partial charge in [0.2, 0.25) is 0 Å². The molecule has 0 aromatic heterocycles. The molecule has 0 bridgehead atoms. The highest BCUT2D eigenvalue weighted by atomic mass is 79.9. The maximum absolute atomic E-state index is 10.8. The van der Waals surface area contributed by atoms with Gasteiger partial charge in [0.05, 0.1) is 10.0 Å². The van der Waals surface area contributed by atoms with E-state index in [4.69, 9.17) is 5.11 Å². The first-order valence-corrected chi connectivity index (χ1v) is 9.00. The van der Waals surface area contributed by atoms with Crippen LogP contribution in [0, 0.1) is 0 Å². The third-order valence-electron chi connectivity index (χ3n) is 4.23. The van der Waals surface area contributed by atoms with E-state index in [1.807, 2.05) is 60.7 Å². The zero-order chi connectivity index (χ0) is 16.8. The molecular formula is C20H13Br2O2+. The average molecular weight is 445 g/mol. The number of aromatic hydroxyl groups is 1. The second-order valence-electron chi connectivity index (χ2n) is 5.63. The average Bonchev–Trinajstić information content (AvgIpc) is 2.58. The third kappa shape index (κ3) is 2.29. The summed E-state index contributed by atoms with van der Waals surface area (Å²) in [7, 11) is 0. The Morgan fingerprint density at radius 3 is 1.83 bits per heavy atom. The van der Waals surface area contributed by atoms with E-state index in [1.165, 1.54) is 0 Å². The second-order valence-corrected chi connectivity index (χ2v) is 7.34. The lowest BCUT2D eigenvalue weighted by Crippen LogP contribution is -1.88. The lowest BCUT2D eigenvalue weighted by Gasteiger charge is -2.14. The first-order chi connectivity index (χ1) is 11.6. The van der Waals surface area contributed by atoms with E-state index in [0.717, 1.165) is 27.1 Å². The molecule has 118 valence electrons. The molecule has 3 N–H and O–H groups in total. The van der Waals surface area contributed by atoms with E-state index in [-0.39, 0.29) is 5.75 Å². The maximum Gasteiger partial charge on any atom is 0.277 e. The molecule has 0 amide bonds. The summed E-state index contributed by atoms with van der Waals surface area (Å²) < 4.78 is 1.33. The van der Waals surface area contributed by atoms with Gasteiger partial charge in [0.15, 0.2) is 0 Å². The van der Waals surface area contributed by atoms with Crippen LogP contribution >= 0.6 is 31.9 Å². The van der Waals surface area contributed by atoms with Crippen molar-refractivity contribution in [2.45, 2.75) is 0 Å². The van der Waals surface area contributed by atoms with Gasteiger partial charge in [0.1, 0.15) is 10.2 Å². The topological polar surface area (TPSA) is 43.1 Å². The van der Waals surface area contributed by atoms with Crippen LogP contribution in [0.2, 0.25) is 0 Å². The smallest absolute Gasteiger partial charge is 0.277 e. The number of hydrogen-bond acceptors (Lipinski definition) is 1. The Morgan fingerprint density at radius 1 is 0.708 bits per heavy atom. The zero-order valence-electron chi connectivity index (χ0n) is 12.5. The van der Waals surface area contributed by atoms with Gasteiger partial charge in [-0.1, -0.05) is 48.5 Å². The van der Waals surface area contributed by atoms with Gasteiger partial charge in [-0.3, -0.25) is 0 Å². The number of phenols is 1. The predicted molar refractivity (Wildman–Crippen MR) is 107 cm³/mol. The van der Waals surface area contributed by atoms with Gasteiger partial charge >= 0.3 is 0 Å². The van der Waals surface area contributed by atoms with Gasteiger partial charge in [-0.25, -0.2) is 0 Å². The van der Waals surface area contributed by atoms with Gasteiger partial charge in [-0.05, 0) is 65.5 Å². The third-order valence-corrected chi connectivity index (χ3v) is 5.46. The molecule has 4 aromatic carbocycles. The number of rotatable bonds is 1. The van der Waals surface area contributed by atoms with Crippen LogP contribution in [0.3, 0.4) is 0 Å². The molecule has 0 aliphatic heterocycles. The van der Waals surface area contributed by atoms with Crippen LogP contribution in [-0.4, -0.2) is 10.2 Å². The van der Waals surface area contributed by atoms with E-state index >= 15 is 0 Å². The Labute approximate surface area is 155 Å². The minimum absolute atomic E-state index is 0.158. The standard InChI is InChI=1S/C20H12Br2O2/c21-15-9-11-5-1-3-7-13(11)17(19(15)23)18-14-8-4-2-6-12(14)10-16(22)20(18)24/h1-10,23-24H/p+1. The molecule has 4 rings (SSSR count). The summed E-state index contributed by atoms with van der Waals surface area (Å²) in [5.41, 5.74) is 1.41. The van der Waals surface area contributed by atoms with E-state index < -0.39 is 0 Å². The summed E-state index contributed by atoms with van der Waals surface area (Å²) in [4.78, 5) is 0. The maximum atomic E-state index is 10.8. The van der Waals surface area contributed by atoms with Gasteiger partial charge in [-0.15, -0.1) is 0 Å². The minimum atomic E-state index is 0.158. The summed E-state index contributed by atoms with van der Waals surface area (Å²) in [5, 5.41) is 23.3. The Morgan fingerprint density at radius 2 is 1.21 bits per heavy atom. The summed E-state index contributed by atoms with van der Waals surface area (Å²) in [6.45, 7) is 0. The van der Waals surface area contributed by atoms with Crippen LogP contribution in [0.1, 0.15) is 0 Å². The summed E-state index contributed by atoms with van der Waals surface area (Å²) in [6.07, 6.45) is 0. The first-order valence-electron chi connectivity index (χ1n) is 7.41. The van der Waals surface area contributed by atoms with Crippen molar-refractivity contribution in [3.05, 3.63) is 69.6 Å². The summed E-state index contributed by atoms with van der Waals surface area (Å²) in [6, 6.07) is 19.7. The molecule has 4 aromatic rings. The molecule has 0 atom stereocenters. The van der Waals surface area contributed by atoms with Crippen LogP contribution in [0.25, 0.3) is 32.7 Å². The fourth-order valence-corrected chi connectivity index (χ4v) is 4.02. The van der Waals surface area contributed by atoms with Crippen LogP contribution in [-0.2, 0) is 0 Å². The normalized spacial score (nSPS) is 11.2. The quantitative estimate of drug-likeness (QED) is 0.342. The van der Waals surface area contributed by atoms with Crippen molar-refractivity contribution in [2.24, 2.45) is 0 Å². The van der Waals surface area contributed by atoms with E-state index in [9.17, 15) is 5.11 Å². The molecule has 0 aliphatic carbocycles. The molecule has 0 fully saturated rings. The highest BCUT2D eigenvalue weighted by Crippen LogP contribution is 2.49. The zero-order valence-corrected chi connectivity index (χ0v) is 15.6. The molecule has 0 aliphatic rings. The highest BCUT2D eigenvalue weighted by Gasteiger charge is 2.23. The lowest BCUT2D eigenvalue weighted by atomic mass is 9.92. The summed E-state index contributed by atoms with van der Waals surface area (Å²) >= 11 is 6.94. The largest absolute Gasteiger partial charge is 0.592 e. The molecule has 2 nitrogen and oxygen atoms in total. The number of fused-ring (bicyclic) bond motifs is 2. The lowest BCUT2D eigenvalue weighted by molar-refractivity contribution is 0.467. The number of hydrogen-bond donors (Lipinski definition) is 1. The van der Waals surface area contributed by atoms with Crippen molar-refractivity contribution in [2.75, 3.05) is 0 Å². The van der Waals surface area contributed by atoms with Crippen molar-refractivity contribution in [3.63, 3.8) is 0 Å². The van der Waals surface area contributed by atoms with Crippen molar-refractivity contribution >= 4 is 53.4 Å². The second kappa shape index (κ2) is 5.80. The molecule has 0 unspecified atom stereocenters. The van der Waals surface area contributed by atoms with Gasteiger partial charge in [0.25, 0.3) is 5.75 Å². The van der Waals surface area contributed by atoms with Crippen molar-refractivity contribution in [1.82, 2.24) is 0 Å². The Balaban J connectivity index is 2.26. The monoisotopic (exact) mass is 443 g/mol. The van der Waals surface area contributed by atoms with E-state index in [1.54, 1.807) is 0 Å².